The predicted molar refractivity (Wildman–Crippen MR) is 97.1 cm³/mol. The second-order valence-electron chi connectivity index (χ2n) is 7.32. The maximum absolute atomic E-state index is 5.29. The van der Waals surface area contributed by atoms with Gasteiger partial charge in [-0.3, -0.25) is 4.90 Å². The van der Waals surface area contributed by atoms with Gasteiger partial charge >= 0.3 is 0 Å². The van der Waals surface area contributed by atoms with E-state index in [1.54, 1.807) is 6.33 Å². The molecule has 3 aromatic heterocycles. The first kappa shape index (κ1) is 15.7. The Morgan fingerprint density at radius 1 is 1.08 bits per heavy atom. The molecule has 1 aliphatic carbocycles. The molecule has 1 saturated carbocycles. The van der Waals surface area contributed by atoms with Gasteiger partial charge in [-0.15, -0.1) is 0 Å². The third kappa shape index (κ3) is 2.65. The first-order chi connectivity index (χ1) is 12.7. The monoisotopic (exact) mass is 353 g/mol. The lowest BCUT2D eigenvalue weighted by atomic mass is 10.2. The number of aryl methyl sites for hydroxylation is 2. The van der Waals surface area contributed by atoms with Crippen molar-refractivity contribution < 1.29 is 4.52 Å². The Labute approximate surface area is 151 Å². The SMILES string of the molecule is Cc1noc(C)c1CN1CCN(c2ncnc3c2ncn3C2CC2)CC1. The van der Waals surface area contributed by atoms with Crippen molar-refractivity contribution >= 4 is 17.0 Å². The number of nitrogens with zero attached hydrogens (tertiary/aromatic N) is 7. The molecule has 8 heteroatoms. The van der Waals surface area contributed by atoms with E-state index in [1.165, 1.54) is 18.4 Å². The minimum absolute atomic E-state index is 0.578. The van der Waals surface area contributed by atoms with Crippen LogP contribution in [0.3, 0.4) is 0 Å². The van der Waals surface area contributed by atoms with E-state index in [0.29, 0.717) is 6.04 Å². The molecule has 5 rings (SSSR count). The molecule has 4 heterocycles. The lowest BCUT2D eigenvalue weighted by Gasteiger charge is -2.35. The van der Waals surface area contributed by atoms with E-state index in [-0.39, 0.29) is 0 Å². The minimum Gasteiger partial charge on any atom is -0.361 e. The molecule has 1 aliphatic heterocycles. The zero-order valence-electron chi connectivity index (χ0n) is 15.2. The van der Waals surface area contributed by atoms with Crippen LogP contribution in [0.25, 0.3) is 11.2 Å². The first-order valence-corrected chi connectivity index (χ1v) is 9.27. The molecule has 0 N–H and O–H groups in total. The van der Waals surface area contributed by atoms with Crippen molar-refractivity contribution in [3.05, 3.63) is 29.7 Å². The molecule has 26 heavy (non-hydrogen) atoms. The van der Waals surface area contributed by atoms with Gasteiger partial charge in [-0.25, -0.2) is 15.0 Å². The molecule has 3 aromatic rings. The van der Waals surface area contributed by atoms with Crippen molar-refractivity contribution in [1.82, 2.24) is 29.6 Å². The Morgan fingerprint density at radius 2 is 1.88 bits per heavy atom. The number of hydrogen-bond acceptors (Lipinski definition) is 7. The number of imidazole rings is 1. The quantitative estimate of drug-likeness (QED) is 0.711. The van der Waals surface area contributed by atoms with Gasteiger partial charge in [0.05, 0.1) is 12.0 Å². The maximum atomic E-state index is 5.29. The van der Waals surface area contributed by atoms with Crippen LogP contribution in [0.4, 0.5) is 5.82 Å². The fourth-order valence-electron chi connectivity index (χ4n) is 3.76. The zero-order valence-corrected chi connectivity index (χ0v) is 15.2. The van der Waals surface area contributed by atoms with Gasteiger partial charge in [-0.2, -0.15) is 0 Å². The Kier molecular flexibility index (Phi) is 3.66. The summed E-state index contributed by atoms with van der Waals surface area (Å²) in [5.41, 5.74) is 4.10. The summed E-state index contributed by atoms with van der Waals surface area (Å²) in [6.07, 6.45) is 6.05. The minimum atomic E-state index is 0.578. The van der Waals surface area contributed by atoms with Crippen molar-refractivity contribution in [3.8, 4) is 0 Å². The average Bonchev–Trinajstić information content (AvgIpc) is 3.34. The smallest absolute Gasteiger partial charge is 0.165 e. The first-order valence-electron chi connectivity index (χ1n) is 9.27. The highest BCUT2D eigenvalue weighted by Gasteiger charge is 2.28. The number of anilines is 1. The highest BCUT2D eigenvalue weighted by molar-refractivity contribution is 5.83. The third-order valence-electron chi connectivity index (χ3n) is 5.51. The van der Waals surface area contributed by atoms with Crippen LogP contribution in [0.15, 0.2) is 17.2 Å². The van der Waals surface area contributed by atoms with Crippen molar-refractivity contribution in [2.45, 2.75) is 39.3 Å². The summed E-state index contributed by atoms with van der Waals surface area (Å²) in [5.74, 6) is 1.89. The summed E-state index contributed by atoms with van der Waals surface area (Å²) in [6, 6.07) is 0.578. The topological polar surface area (TPSA) is 76.1 Å². The molecule has 1 saturated heterocycles. The van der Waals surface area contributed by atoms with Gasteiger partial charge in [-0.1, -0.05) is 5.16 Å². The van der Waals surface area contributed by atoms with E-state index in [4.69, 9.17) is 4.52 Å². The predicted octanol–water partition coefficient (Wildman–Crippen LogP) is 2.09. The molecule has 0 spiro atoms. The Balaban J connectivity index is 1.32. The van der Waals surface area contributed by atoms with E-state index in [2.05, 4.69) is 34.5 Å². The third-order valence-corrected chi connectivity index (χ3v) is 5.51. The average molecular weight is 353 g/mol. The fraction of sp³-hybridized carbons (Fsp3) is 0.556. The van der Waals surface area contributed by atoms with E-state index < -0.39 is 0 Å². The molecule has 2 aliphatic rings. The van der Waals surface area contributed by atoms with E-state index >= 15 is 0 Å². The number of fused-ring (bicyclic) bond motifs is 1. The summed E-state index contributed by atoms with van der Waals surface area (Å²) in [6.45, 7) is 8.73. The second kappa shape index (κ2) is 6.05. The van der Waals surface area contributed by atoms with Crippen LogP contribution in [-0.4, -0.2) is 55.8 Å². The van der Waals surface area contributed by atoms with Gasteiger partial charge in [0, 0.05) is 44.3 Å². The lowest BCUT2D eigenvalue weighted by molar-refractivity contribution is 0.247. The molecule has 0 amide bonds. The van der Waals surface area contributed by atoms with Crippen LogP contribution in [0, 0.1) is 13.8 Å². The number of rotatable bonds is 4. The highest BCUT2D eigenvalue weighted by Crippen LogP contribution is 2.37. The number of piperazine rings is 1. The van der Waals surface area contributed by atoms with Crippen LogP contribution in [0.1, 0.15) is 35.9 Å². The zero-order chi connectivity index (χ0) is 17.7. The molecular weight excluding hydrogens is 330 g/mol. The Hall–Kier alpha value is -2.48. The summed E-state index contributed by atoms with van der Waals surface area (Å²) in [5, 5.41) is 4.06. The standard InChI is InChI=1S/C18H23N7O/c1-12-15(13(2)26-22-12)9-23-5-7-24(8-6-23)17-16-18(20-10-19-17)25(11-21-16)14-3-4-14/h10-11,14H,3-9H2,1-2H3. The molecule has 0 atom stereocenters. The normalized spacial score (nSPS) is 18.8. The van der Waals surface area contributed by atoms with Crippen LogP contribution in [0.5, 0.6) is 0 Å². The highest BCUT2D eigenvalue weighted by atomic mass is 16.5. The Morgan fingerprint density at radius 3 is 2.58 bits per heavy atom. The molecule has 0 radical (unpaired) electrons. The van der Waals surface area contributed by atoms with Gasteiger partial charge < -0.3 is 14.0 Å². The van der Waals surface area contributed by atoms with Crippen LogP contribution >= 0.6 is 0 Å². The van der Waals surface area contributed by atoms with E-state index in [0.717, 1.165) is 61.2 Å². The number of aromatic nitrogens is 5. The second-order valence-corrected chi connectivity index (χ2v) is 7.32. The molecule has 0 aromatic carbocycles. The summed E-state index contributed by atoms with van der Waals surface area (Å²) in [7, 11) is 0. The van der Waals surface area contributed by atoms with Crippen molar-refractivity contribution in [3.63, 3.8) is 0 Å². The van der Waals surface area contributed by atoms with Gasteiger partial charge in [-0.05, 0) is 26.7 Å². The molecular formula is C18H23N7O. The molecule has 136 valence electrons. The largest absolute Gasteiger partial charge is 0.361 e. The molecule has 8 nitrogen and oxygen atoms in total. The van der Waals surface area contributed by atoms with Crippen LogP contribution in [-0.2, 0) is 6.54 Å². The Bertz CT molecular complexity index is 915. The summed E-state index contributed by atoms with van der Waals surface area (Å²) >= 11 is 0. The van der Waals surface area contributed by atoms with E-state index in [1.807, 2.05) is 20.2 Å². The molecule has 2 fully saturated rings. The molecule has 0 bridgehead atoms. The van der Waals surface area contributed by atoms with Gasteiger partial charge in [0.1, 0.15) is 12.1 Å². The maximum Gasteiger partial charge on any atom is 0.165 e. The van der Waals surface area contributed by atoms with Crippen molar-refractivity contribution in [2.75, 3.05) is 31.1 Å². The van der Waals surface area contributed by atoms with Crippen LogP contribution < -0.4 is 4.90 Å². The van der Waals surface area contributed by atoms with Gasteiger partial charge in [0.2, 0.25) is 0 Å². The summed E-state index contributed by atoms with van der Waals surface area (Å²) < 4.78 is 7.49. The van der Waals surface area contributed by atoms with Crippen LogP contribution in [0.2, 0.25) is 0 Å². The number of hydrogen-bond donors (Lipinski definition) is 0. The van der Waals surface area contributed by atoms with Crippen molar-refractivity contribution in [2.24, 2.45) is 0 Å². The van der Waals surface area contributed by atoms with E-state index in [9.17, 15) is 0 Å². The lowest BCUT2D eigenvalue weighted by Crippen LogP contribution is -2.46. The summed E-state index contributed by atoms with van der Waals surface area (Å²) in [4.78, 5) is 18.4. The fourth-order valence-corrected chi connectivity index (χ4v) is 3.76. The van der Waals surface area contributed by atoms with Gasteiger partial charge in [0.25, 0.3) is 0 Å². The molecule has 0 unspecified atom stereocenters. The van der Waals surface area contributed by atoms with Crippen molar-refractivity contribution in [1.29, 1.82) is 0 Å². The van der Waals surface area contributed by atoms with Gasteiger partial charge in [0.15, 0.2) is 17.0 Å².